The van der Waals surface area contributed by atoms with Gasteiger partial charge in [-0.1, -0.05) is 59.6 Å². The normalized spacial score (nSPS) is 11.3. The molecule has 1 N–H and O–H groups in total. The zero-order valence-electron chi connectivity index (χ0n) is 19.8. The van der Waals surface area contributed by atoms with Crippen LogP contribution in [0.1, 0.15) is 32.6 Å². The molecule has 0 atom stereocenters. The van der Waals surface area contributed by atoms with Crippen LogP contribution >= 0.6 is 35.0 Å². The van der Waals surface area contributed by atoms with Gasteiger partial charge in [-0.2, -0.15) is 11.8 Å². The van der Waals surface area contributed by atoms with Crippen molar-refractivity contribution in [3.05, 3.63) is 98.5 Å². The van der Waals surface area contributed by atoms with Crippen molar-refractivity contribution in [3.63, 3.8) is 0 Å². The lowest BCUT2D eigenvalue weighted by atomic mass is 10.1. The van der Waals surface area contributed by atoms with E-state index in [0.717, 1.165) is 33.8 Å². The van der Waals surface area contributed by atoms with Crippen molar-refractivity contribution in [1.29, 1.82) is 0 Å². The van der Waals surface area contributed by atoms with E-state index in [9.17, 15) is 13.2 Å². The van der Waals surface area contributed by atoms with E-state index < -0.39 is 10.0 Å². The quantitative estimate of drug-likeness (QED) is 0.303. The Morgan fingerprint density at radius 3 is 2.17 bits per heavy atom. The lowest BCUT2D eigenvalue weighted by Crippen LogP contribution is -2.30. The molecule has 0 unspecified atom stereocenters. The molecule has 0 aliphatic rings. The fourth-order valence-electron chi connectivity index (χ4n) is 3.65. The van der Waals surface area contributed by atoms with Gasteiger partial charge in [-0.05, 0) is 60.4 Å². The summed E-state index contributed by atoms with van der Waals surface area (Å²) in [7, 11) is -3.49. The number of rotatable bonds is 10. The Labute approximate surface area is 221 Å². The second kappa shape index (κ2) is 12.2. The summed E-state index contributed by atoms with van der Waals surface area (Å²) in [4.78, 5) is 12.5. The van der Waals surface area contributed by atoms with E-state index in [1.54, 1.807) is 42.1 Å². The van der Waals surface area contributed by atoms with E-state index in [4.69, 9.17) is 23.2 Å². The highest BCUT2D eigenvalue weighted by Crippen LogP contribution is 2.28. The lowest BCUT2D eigenvalue weighted by molar-refractivity contribution is 0.0956. The SMILES string of the molecule is Cc1cccc(C)c1N(Cc1ccc(C(=O)NCCSCc2ccc(Cl)c(Cl)c2)cc1)S(C)(=O)=O. The van der Waals surface area contributed by atoms with E-state index >= 15 is 0 Å². The number of hydrogen-bond acceptors (Lipinski definition) is 4. The van der Waals surface area contributed by atoms with Crippen LogP contribution < -0.4 is 9.62 Å². The Hall–Kier alpha value is -2.19. The molecule has 186 valence electrons. The van der Waals surface area contributed by atoms with Crippen molar-refractivity contribution in [2.75, 3.05) is 22.9 Å². The summed E-state index contributed by atoms with van der Waals surface area (Å²) in [5.41, 5.74) is 4.88. The van der Waals surface area contributed by atoms with Crippen LogP contribution in [0.25, 0.3) is 0 Å². The largest absolute Gasteiger partial charge is 0.351 e. The number of para-hydroxylation sites is 1. The van der Waals surface area contributed by atoms with Crippen LogP contribution in [0.2, 0.25) is 10.0 Å². The van der Waals surface area contributed by atoms with Crippen molar-refractivity contribution in [1.82, 2.24) is 5.32 Å². The molecule has 0 aliphatic carbocycles. The average molecular weight is 552 g/mol. The van der Waals surface area contributed by atoms with Gasteiger partial charge >= 0.3 is 0 Å². The molecule has 0 spiro atoms. The molecule has 0 heterocycles. The molecule has 3 aromatic rings. The average Bonchev–Trinajstić information content (AvgIpc) is 2.80. The molecule has 0 aliphatic heterocycles. The fraction of sp³-hybridized carbons (Fsp3) is 0.269. The highest BCUT2D eigenvalue weighted by Gasteiger charge is 2.21. The monoisotopic (exact) mass is 550 g/mol. The van der Waals surface area contributed by atoms with Gasteiger partial charge in [0.2, 0.25) is 10.0 Å². The number of anilines is 1. The van der Waals surface area contributed by atoms with Crippen LogP contribution in [0.4, 0.5) is 5.69 Å². The fourth-order valence-corrected chi connectivity index (χ4v) is 5.78. The summed E-state index contributed by atoms with van der Waals surface area (Å²) in [5.74, 6) is 1.36. The molecular weight excluding hydrogens is 523 g/mol. The molecule has 0 saturated carbocycles. The van der Waals surface area contributed by atoms with Crippen LogP contribution in [0, 0.1) is 13.8 Å². The molecule has 1 amide bonds. The maximum atomic E-state index is 12.6. The Balaban J connectivity index is 1.55. The molecule has 0 aromatic heterocycles. The number of halogens is 2. The maximum absolute atomic E-state index is 12.6. The van der Waals surface area contributed by atoms with Crippen LogP contribution in [0.5, 0.6) is 0 Å². The Morgan fingerprint density at radius 2 is 1.57 bits per heavy atom. The maximum Gasteiger partial charge on any atom is 0.251 e. The van der Waals surface area contributed by atoms with Gasteiger partial charge in [0.25, 0.3) is 5.91 Å². The van der Waals surface area contributed by atoms with E-state index in [1.165, 1.54) is 10.6 Å². The summed E-state index contributed by atoms with van der Waals surface area (Å²) in [6.07, 6.45) is 1.21. The standard InChI is InChI=1S/C26H28Cl2N2O3S2/c1-18-5-4-6-19(2)25(18)30(35(3,32)33)16-20-7-10-22(11-8-20)26(31)29-13-14-34-17-21-9-12-23(27)24(28)15-21/h4-12,15H,13-14,16-17H2,1-3H3,(H,29,31). The van der Waals surface area contributed by atoms with Gasteiger partial charge in [-0.15, -0.1) is 0 Å². The Morgan fingerprint density at radius 1 is 0.943 bits per heavy atom. The molecule has 5 nitrogen and oxygen atoms in total. The third kappa shape index (κ3) is 7.64. The molecule has 0 saturated heterocycles. The second-order valence-corrected chi connectivity index (χ2v) is 12.1. The smallest absolute Gasteiger partial charge is 0.251 e. The number of carbonyl (C=O) groups is 1. The van der Waals surface area contributed by atoms with E-state index in [2.05, 4.69) is 5.32 Å². The number of hydrogen-bond donors (Lipinski definition) is 1. The summed E-state index contributed by atoms with van der Waals surface area (Å²) >= 11 is 13.7. The van der Waals surface area contributed by atoms with Crippen LogP contribution in [0.15, 0.2) is 60.7 Å². The van der Waals surface area contributed by atoms with Gasteiger partial charge < -0.3 is 5.32 Å². The molecule has 35 heavy (non-hydrogen) atoms. The predicted molar refractivity (Wildman–Crippen MR) is 148 cm³/mol. The van der Waals surface area contributed by atoms with Gasteiger partial charge in [0.05, 0.1) is 28.5 Å². The summed E-state index contributed by atoms with van der Waals surface area (Å²) in [6, 6.07) is 18.3. The first-order chi connectivity index (χ1) is 16.6. The first kappa shape index (κ1) is 27.4. The van der Waals surface area contributed by atoms with Crippen LogP contribution in [0.3, 0.4) is 0 Å². The number of amides is 1. The van der Waals surface area contributed by atoms with Crippen molar-refractivity contribution >= 4 is 56.6 Å². The minimum Gasteiger partial charge on any atom is -0.351 e. The Bertz CT molecular complexity index is 1280. The minimum absolute atomic E-state index is 0.165. The van der Waals surface area contributed by atoms with Gasteiger partial charge in [0, 0.05) is 23.6 Å². The van der Waals surface area contributed by atoms with Gasteiger partial charge in [-0.25, -0.2) is 8.42 Å². The molecule has 3 rings (SSSR count). The molecule has 0 radical (unpaired) electrons. The zero-order valence-corrected chi connectivity index (χ0v) is 23.0. The number of nitrogens with one attached hydrogen (secondary N) is 1. The first-order valence-corrected chi connectivity index (χ1v) is 14.7. The summed E-state index contributed by atoms with van der Waals surface area (Å²) in [5, 5.41) is 3.99. The number of sulfonamides is 1. The third-order valence-electron chi connectivity index (χ3n) is 5.42. The zero-order chi connectivity index (χ0) is 25.6. The topological polar surface area (TPSA) is 66.5 Å². The molecule has 3 aromatic carbocycles. The molecular formula is C26H28Cl2N2O3S2. The molecule has 0 fully saturated rings. The van der Waals surface area contributed by atoms with Gasteiger partial charge in [0.15, 0.2) is 0 Å². The van der Waals surface area contributed by atoms with E-state index in [-0.39, 0.29) is 12.5 Å². The molecule has 0 bridgehead atoms. The van der Waals surface area contributed by atoms with Crippen molar-refractivity contribution in [2.45, 2.75) is 26.1 Å². The van der Waals surface area contributed by atoms with Crippen LogP contribution in [-0.4, -0.2) is 32.9 Å². The highest BCUT2D eigenvalue weighted by atomic mass is 35.5. The van der Waals surface area contributed by atoms with E-state index in [0.29, 0.717) is 27.8 Å². The number of carbonyl (C=O) groups excluding carboxylic acids is 1. The predicted octanol–water partition coefficient (Wildman–Crippen LogP) is 6.24. The van der Waals surface area contributed by atoms with Crippen molar-refractivity contribution in [2.24, 2.45) is 0 Å². The number of aryl methyl sites for hydroxylation is 2. The van der Waals surface area contributed by atoms with Crippen molar-refractivity contribution in [3.8, 4) is 0 Å². The van der Waals surface area contributed by atoms with Gasteiger partial charge in [0.1, 0.15) is 0 Å². The molecule has 9 heteroatoms. The highest BCUT2D eigenvalue weighted by molar-refractivity contribution is 7.98. The first-order valence-electron chi connectivity index (χ1n) is 11.0. The van der Waals surface area contributed by atoms with Crippen LogP contribution in [-0.2, 0) is 22.3 Å². The van der Waals surface area contributed by atoms with Gasteiger partial charge in [-0.3, -0.25) is 9.10 Å². The Kier molecular flexibility index (Phi) is 9.53. The second-order valence-electron chi connectivity index (χ2n) is 8.26. The third-order valence-corrected chi connectivity index (χ3v) is 8.30. The number of nitrogens with zero attached hydrogens (tertiary/aromatic N) is 1. The summed E-state index contributed by atoms with van der Waals surface area (Å²) < 4.78 is 26.5. The summed E-state index contributed by atoms with van der Waals surface area (Å²) in [6.45, 7) is 4.52. The number of benzene rings is 3. The van der Waals surface area contributed by atoms with Crippen molar-refractivity contribution < 1.29 is 13.2 Å². The lowest BCUT2D eigenvalue weighted by Gasteiger charge is -2.26. The van der Waals surface area contributed by atoms with E-state index in [1.807, 2.05) is 44.2 Å². The minimum atomic E-state index is -3.49. The number of thioether (sulfide) groups is 1.